The van der Waals surface area contributed by atoms with Crippen LogP contribution >= 0.6 is 22.9 Å². The Morgan fingerprint density at radius 1 is 1.17 bits per heavy atom. The van der Waals surface area contributed by atoms with Crippen LogP contribution in [0.4, 0.5) is 10.8 Å². The second-order valence-corrected chi connectivity index (χ2v) is 11.1. The molecule has 0 spiro atoms. The lowest BCUT2D eigenvalue weighted by Gasteiger charge is -2.08. The van der Waals surface area contributed by atoms with Gasteiger partial charge in [0.05, 0.1) is 22.3 Å². The molecule has 0 fully saturated rings. The number of Topliss-reactive ketones (excluding diaryl/α,β-unsaturated/α-hetero) is 1. The molecule has 0 saturated carbocycles. The van der Waals surface area contributed by atoms with E-state index in [1.807, 2.05) is 29.8 Å². The van der Waals surface area contributed by atoms with Crippen molar-refractivity contribution in [2.45, 2.75) is 31.2 Å². The van der Waals surface area contributed by atoms with Crippen LogP contribution in [0.15, 0.2) is 72.3 Å². The van der Waals surface area contributed by atoms with Gasteiger partial charge in [-0.25, -0.2) is 23.1 Å². The number of thiazole rings is 1. The number of rotatable bonds is 11. The maximum atomic E-state index is 12.7. The number of hydrogen-bond donors (Lipinski definition) is 2. The maximum Gasteiger partial charge on any atom is 0.240 e. The quantitative estimate of drug-likeness (QED) is 0.213. The molecule has 11 heteroatoms. The number of carbonyl (C=O) groups is 1. The molecule has 8 nitrogen and oxygen atoms in total. The third kappa shape index (κ3) is 6.55. The molecule has 0 amide bonds. The summed E-state index contributed by atoms with van der Waals surface area (Å²) in [7, 11) is -3.61. The van der Waals surface area contributed by atoms with Crippen LogP contribution in [0.2, 0.25) is 5.02 Å². The molecule has 0 saturated heterocycles. The van der Waals surface area contributed by atoms with E-state index < -0.39 is 10.0 Å². The molecule has 2 N–H and O–H groups in total. The van der Waals surface area contributed by atoms with Crippen LogP contribution in [0.3, 0.4) is 0 Å². The molecule has 182 valence electrons. The van der Waals surface area contributed by atoms with Crippen LogP contribution in [0, 0.1) is 6.92 Å². The fourth-order valence-corrected chi connectivity index (χ4v) is 5.55. The number of carbonyl (C=O) groups excluding carboxylic acids is 1. The van der Waals surface area contributed by atoms with Crippen molar-refractivity contribution in [3.8, 4) is 0 Å². The topological polar surface area (TPSA) is 106 Å². The van der Waals surface area contributed by atoms with E-state index >= 15 is 0 Å². The van der Waals surface area contributed by atoms with E-state index in [-0.39, 0.29) is 17.1 Å². The fourth-order valence-electron chi connectivity index (χ4n) is 3.41. The molecule has 4 aromatic rings. The molecular weight excluding hydrogens is 506 g/mol. The number of nitrogens with one attached hydrogen (secondary N) is 2. The predicted octanol–water partition coefficient (Wildman–Crippen LogP) is 4.84. The largest absolute Gasteiger partial charge is 0.337 e. The monoisotopic (exact) mass is 529 g/mol. The Balaban J connectivity index is 1.32. The minimum absolute atomic E-state index is 0.0627. The number of aryl methyl sites for hydroxylation is 2. The van der Waals surface area contributed by atoms with Crippen LogP contribution in [0.5, 0.6) is 0 Å². The Bertz CT molecular complexity index is 1380. The highest BCUT2D eigenvalue weighted by molar-refractivity contribution is 7.89. The fraction of sp³-hybridized carbons (Fsp3) is 0.208. The summed E-state index contributed by atoms with van der Waals surface area (Å²) in [6, 6.07) is 11.9. The molecule has 0 bridgehead atoms. The van der Waals surface area contributed by atoms with Gasteiger partial charge >= 0.3 is 0 Å². The number of sulfonamides is 1. The number of anilines is 2. The summed E-state index contributed by atoms with van der Waals surface area (Å²) in [5.41, 5.74) is 2.45. The first kappa shape index (κ1) is 25.1. The van der Waals surface area contributed by atoms with E-state index in [0.29, 0.717) is 40.2 Å². The van der Waals surface area contributed by atoms with E-state index in [1.54, 1.807) is 30.7 Å². The summed E-state index contributed by atoms with van der Waals surface area (Å²) >= 11 is 7.48. The van der Waals surface area contributed by atoms with Crippen LogP contribution in [-0.2, 0) is 23.0 Å². The highest BCUT2D eigenvalue weighted by Crippen LogP contribution is 2.26. The zero-order valence-electron chi connectivity index (χ0n) is 18.9. The minimum Gasteiger partial charge on any atom is -0.337 e. The van der Waals surface area contributed by atoms with Crippen molar-refractivity contribution in [3.05, 3.63) is 88.4 Å². The lowest BCUT2D eigenvalue weighted by molar-refractivity contribution is 0.0996. The van der Waals surface area contributed by atoms with Gasteiger partial charge in [-0.15, -0.1) is 0 Å². The highest BCUT2D eigenvalue weighted by atomic mass is 35.5. The molecule has 0 aliphatic carbocycles. The number of nitrogens with zero attached hydrogens (tertiary/aromatic N) is 3. The SMILES string of the molecule is Cc1cccc(Cl)c1CC(=O)c1cnc(Nc2ccc(S(=O)(=O)NCCCn3ccnc3)cc2)s1. The predicted molar refractivity (Wildman–Crippen MR) is 138 cm³/mol. The van der Waals surface area contributed by atoms with Crippen LogP contribution < -0.4 is 10.0 Å². The lowest BCUT2D eigenvalue weighted by Crippen LogP contribution is -2.25. The Hall–Kier alpha value is -3.05. The zero-order valence-corrected chi connectivity index (χ0v) is 21.3. The molecule has 0 atom stereocenters. The minimum atomic E-state index is -3.61. The number of ketones is 1. The van der Waals surface area contributed by atoms with Gasteiger partial charge in [-0.05, 0) is 54.8 Å². The molecule has 35 heavy (non-hydrogen) atoms. The normalized spacial score (nSPS) is 11.5. The number of imidazole rings is 1. The van der Waals surface area contributed by atoms with Crippen molar-refractivity contribution >= 4 is 49.6 Å². The standard InChI is InChI=1S/C24H24ClN5O3S2/c1-17-4-2-5-21(25)20(17)14-22(31)23-15-27-24(34-23)29-18-6-8-19(9-7-18)35(32,33)28-10-3-12-30-13-11-26-16-30/h2,4-9,11,13,15-16,28H,3,10,12,14H2,1H3,(H,27,29). The molecule has 0 radical (unpaired) electrons. The average Bonchev–Trinajstić information content (AvgIpc) is 3.52. The second kappa shape index (κ2) is 11.1. The van der Waals surface area contributed by atoms with Gasteiger partial charge in [0, 0.05) is 42.6 Å². The second-order valence-electron chi connectivity index (χ2n) is 7.87. The first-order chi connectivity index (χ1) is 16.8. The molecular formula is C24H24ClN5O3S2. The smallest absolute Gasteiger partial charge is 0.240 e. The Morgan fingerprint density at radius 2 is 1.97 bits per heavy atom. The summed E-state index contributed by atoms with van der Waals surface area (Å²) in [4.78, 5) is 21.7. The van der Waals surface area contributed by atoms with Crippen LogP contribution in [-0.4, -0.2) is 35.3 Å². The molecule has 0 aliphatic heterocycles. The molecule has 2 aromatic carbocycles. The summed E-state index contributed by atoms with van der Waals surface area (Å²) in [5.74, 6) is -0.0627. The van der Waals surface area contributed by atoms with Gasteiger partial charge in [0.25, 0.3) is 0 Å². The van der Waals surface area contributed by atoms with Gasteiger partial charge in [0.15, 0.2) is 10.9 Å². The molecule has 4 rings (SSSR count). The Morgan fingerprint density at radius 3 is 2.69 bits per heavy atom. The summed E-state index contributed by atoms with van der Waals surface area (Å²) in [6.07, 6.45) is 7.61. The zero-order chi connectivity index (χ0) is 24.8. The van der Waals surface area contributed by atoms with Crippen LogP contribution in [0.25, 0.3) is 0 Å². The summed E-state index contributed by atoms with van der Waals surface area (Å²) < 4.78 is 29.6. The third-order valence-corrected chi connectivity index (χ3v) is 8.12. The third-order valence-electron chi connectivity index (χ3n) is 5.33. The molecule has 2 aromatic heterocycles. The van der Waals surface area contributed by atoms with E-state index in [0.717, 1.165) is 11.1 Å². The summed E-state index contributed by atoms with van der Waals surface area (Å²) in [5, 5.41) is 4.23. The Kier molecular flexibility index (Phi) is 7.97. The highest BCUT2D eigenvalue weighted by Gasteiger charge is 2.16. The van der Waals surface area contributed by atoms with Gasteiger partial charge < -0.3 is 9.88 Å². The maximum absolute atomic E-state index is 12.7. The van der Waals surface area contributed by atoms with Crippen molar-refractivity contribution in [1.82, 2.24) is 19.3 Å². The van der Waals surface area contributed by atoms with Gasteiger partial charge in [-0.3, -0.25) is 4.79 Å². The first-order valence-electron chi connectivity index (χ1n) is 10.9. The first-order valence-corrected chi connectivity index (χ1v) is 13.5. The van der Waals surface area contributed by atoms with E-state index in [1.165, 1.54) is 29.7 Å². The van der Waals surface area contributed by atoms with Crippen molar-refractivity contribution in [3.63, 3.8) is 0 Å². The number of hydrogen-bond acceptors (Lipinski definition) is 7. The van der Waals surface area contributed by atoms with Gasteiger partial charge in [0.1, 0.15) is 0 Å². The Labute approximate surface area is 213 Å². The van der Waals surface area contributed by atoms with E-state index in [2.05, 4.69) is 20.0 Å². The average molecular weight is 530 g/mol. The van der Waals surface area contributed by atoms with Crippen LogP contribution in [0.1, 0.15) is 27.2 Å². The van der Waals surface area contributed by atoms with Crippen molar-refractivity contribution in [1.29, 1.82) is 0 Å². The molecule has 2 heterocycles. The molecule has 0 aliphatic rings. The lowest BCUT2D eigenvalue weighted by atomic mass is 10.0. The molecule has 0 unspecified atom stereocenters. The van der Waals surface area contributed by atoms with Crippen molar-refractivity contribution < 1.29 is 13.2 Å². The van der Waals surface area contributed by atoms with Crippen molar-refractivity contribution in [2.75, 3.05) is 11.9 Å². The van der Waals surface area contributed by atoms with Gasteiger partial charge in [-0.2, -0.15) is 0 Å². The van der Waals surface area contributed by atoms with Gasteiger partial charge in [-0.1, -0.05) is 35.1 Å². The van der Waals surface area contributed by atoms with Gasteiger partial charge in [0.2, 0.25) is 10.0 Å². The van der Waals surface area contributed by atoms with E-state index in [4.69, 9.17) is 11.6 Å². The number of halogens is 1. The van der Waals surface area contributed by atoms with Crippen molar-refractivity contribution in [2.24, 2.45) is 0 Å². The summed E-state index contributed by atoms with van der Waals surface area (Å²) in [6.45, 7) is 2.93. The number of aromatic nitrogens is 3. The number of benzene rings is 2. The van der Waals surface area contributed by atoms with E-state index in [9.17, 15) is 13.2 Å².